The Morgan fingerprint density at radius 1 is 1.00 bits per heavy atom. The van der Waals surface area contributed by atoms with Gasteiger partial charge in [0.1, 0.15) is 5.52 Å². The molecule has 0 aliphatic carbocycles. The van der Waals surface area contributed by atoms with Crippen molar-refractivity contribution >= 4 is 27.0 Å². The summed E-state index contributed by atoms with van der Waals surface area (Å²) in [4.78, 5) is 4.58. The lowest BCUT2D eigenvalue weighted by atomic mass is 10.1. The van der Waals surface area contributed by atoms with Gasteiger partial charge in [-0.25, -0.2) is 4.98 Å². The Kier molecular flexibility index (Phi) is 2.71. The van der Waals surface area contributed by atoms with E-state index >= 15 is 0 Å². The SMILES string of the molecule is Cc1ccc(-c2nc3c(C)c(Br)ccc3o2)cc1. The first-order valence-electron chi connectivity index (χ1n) is 5.78. The van der Waals surface area contributed by atoms with Crippen molar-refractivity contribution in [1.29, 1.82) is 0 Å². The molecule has 1 aromatic heterocycles. The van der Waals surface area contributed by atoms with Crippen LogP contribution in [0, 0.1) is 13.8 Å². The summed E-state index contributed by atoms with van der Waals surface area (Å²) in [5, 5.41) is 0. The first kappa shape index (κ1) is 11.5. The Morgan fingerprint density at radius 3 is 2.44 bits per heavy atom. The first-order chi connectivity index (χ1) is 8.65. The molecule has 2 aromatic carbocycles. The van der Waals surface area contributed by atoms with Gasteiger partial charge in [-0.15, -0.1) is 0 Å². The second-order valence-electron chi connectivity index (χ2n) is 4.40. The van der Waals surface area contributed by atoms with Gasteiger partial charge in [-0.1, -0.05) is 33.6 Å². The average Bonchev–Trinajstić information content (AvgIpc) is 2.80. The third-order valence-corrected chi connectivity index (χ3v) is 3.91. The van der Waals surface area contributed by atoms with E-state index in [4.69, 9.17) is 4.42 Å². The molecule has 3 rings (SSSR count). The standard InChI is InChI=1S/C15H12BrNO/c1-9-3-5-11(6-4-9)15-17-14-10(2)12(16)7-8-13(14)18-15/h3-8H,1-2H3. The van der Waals surface area contributed by atoms with Crippen molar-refractivity contribution in [1.82, 2.24) is 4.98 Å². The minimum absolute atomic E-state index is 0.672. The van der Waals surface area contributed by atoms with Crippen molar-refractivity contribution in [2.45, 2.75) is 13.8 Å². The van der Waals surface area contributed by atoms with E-state index in [1.54, 1.807) is 0 Å². The molecule has 3 heteroatoms. The topological polar surface area (TPSA) is 26.0 Å². The van der Waals surface area contributed by atoms with Crippen LogP contribution >= 0.6 is 15.9 Å². The van der Waals surface area contributed by atoms with Crippen LogP contribution in [0.25, 0.3) is 22.6 Å². The number of fused-ring (bicyclic) bond motifs is 1. The molecule has 0 aliphatic heterocycles. The molecule has 0 spiro atoms. The van der Waals surface area contributed by atoms with E-state index in [2.05, 4.69) is 40.0 Å². The lowest BCUT2D eigenvalue weighted by molar-refractivity contribution is 0.620. The number of oxazole rings is 1. The molecule has 0 saturated carbocycles. The van der Waals surface area contributed by atoms with Crippen molar-refractivity contribution in [3.05, 3.63) is 52.0 Å². The summed E-state index contributed by atoms with van der Waals surface area (Å²) in [6, 6.07) is 12.1. The number of nitrogens with zero attached hydrogens (tertiary/aromatic N) is 1. The van der Waals surface area contributed by atoms with Crippen LogP contribution in [0.2, 0.25) is 0 Å². The van der Waals surface area contributed by atoms with Gasteiger partial charge < -0.3 is 4.42 Å². The van der Waals surface area contributed by atoms with Crippen LogP contribution in [0.15, 0.2) is 45.3 Å². The fourth-order valence-electron chi connectivity index (χ4n) is 1.92. The number of hydrogen-bond acceptors (Lipinski definition) is 2. The van der Waals surface area contributed by atoms with Crippen LogP contribution in [0.5, 0.6) is 0 Å². The molecule has 0 bridgehead atoms. The quantitative estimate of drug-likeness (QED) is 0.640. The summed E-state index contributed by atoms with van der Waals surface area (Å²) in [7, 11) is 0. The highest BCUT2D eigenvalue weighted by molar-refractivity contribution is 9.10. The highest BCUT2D eigenvalue weighted by Gasteiger charge is 2.11. The summed E-state index contributed by atoms with van der Waals surface area (Å²) in [6.07, 6.45) is 0. The van der Waals surface area contributed by atoms with E-state index in [1.165, 1.54) is 5.56 Å². The fourth-order valence-corrected chi connectivity index (χ4v) is 2.24. The molecule has 90 valence electrons. The van der Waals surface area contributed by atoms with Crippen LogP contribution < -0.4 is 0 Å². The van der Waals surface area contributed by atoms with Crippen LogP contribution in [0.4, 0.5) is 0 Å². The first-order valence-corrected chi connectivity index (χ1v) is 6.57. The normalized spacial score (nSPS) is 11.1. The summed E-state index contributed by atoms with van der Waals surface area (Å²) < 4.78 is 6.85. The monoisotopic (exact) mass is 301 g/mol. The molecule has 0 radical (unpaired) electrons. The minimum Gasteiger partial charge on any atom is -0.436 e. The number of aromatic nitrogens is 1. The lowest BCUT2D eigenvalue weighted by Crippen LogP contribution is -1.80. The van der Waals surface area contributed by atoms with E-state index in [1.807, 2.05) is 31.2 Å². The lowest BCUT2D eigenvalue weighted by Gasteiger charge is -1.95. The van der Waals surface area contributed by atoms with Crippen molar-refractivity contribution in [3.8, 4) is 11.5 Å². The average molecular weight is 302 g/mol. The Balaban J connectivity index is 2.19. The van der Waals surface area contributed by atoms with Gasteiger partial charge in [-0.3, -0.25) is 0 Å². The van der Waals surface area contributed by atoms with Gasteiger partial charge in [0.25, 0.3) is 0 Å². The molecule has 0 N–H and O–H groups in total. The van der Waals surface area contributed by atoms with Crippen molar-refractivity contribution < 1.29 is 4.42 Å². The molecule has 0 fully saturated rings. The van der Waals surface area contributed by atoms with Crippen LogP contribution in [-0.4, -0.2) is 4.98 Å². The molecule has 0 atom stereocenters. The maximum Gasteiger partial charge on any atom is 0.227 e. The number of aryl methyl sites for hydroxylation is 2. The predicted octanol–water partition coefficient (Wildman–Crippen LogP) is 4.87. The van der Waals surface area contributed by atoms with Gasteiger partial charge in [0, 0.05) is 10.0 Å². The Labute approximate surface area is 114 Å². The minimum atomic E-state index is 0.672. The van der Waals surface area contributed by atoms with Gasteiger partial charge in [-0.05, 0) is 43.7 Å². The zero-order chi connectivity index (χ0) is 12.7. The van der Waals surface area contributed by atoms with E-state index in [-0.39, 0.29) is 0 Å². The summed E-state index contributed by atoms with van der Waals surface area (Å²) >= 11 is 3.51. The molecule has 0 amide bonds. The maximum atomic E-state index is 5.80. The molecule has 0 aliphatic rings. The summed E-state index contributed by atoms with van der Waals surface area (Å²) in [6.45, 7) is 4.10. The van der Waals surface area contributed by atoms with Crippen molar-refractivity contribution in [2.75, 3.05) is 0 Å². The van der Waals surface area contributed by atoms with Gasteiger partial charge in [0.05, 0.1) is 0 Å². The molecular weight excluding hydrogens is 290 g/mol. The molecular formula is C15H12BrNO. The largest absolute Gasteiger partial charge is 0.436 e. The third-order valence-electron chi connectivity index (χ3n) is 3.05. The van der Waals surface area contributed by atoms with Gasteiger partial charge in [0.15, 0.2) is 5.58 Å². The van der Waals surface area contributed by atoms with Gasteiger partial charge in [0.2, 0.25) is 5.89 Å². The molecule has 1 heterocycles. The van der Waals surface area contributed by atoms with Crippen molar-refractivity contribution in [2.24, 2.45) is 0 Å². The summed E-state index contributed by atoms with van der Waals surface area (Å²) in [5.74, 6) is 0.672. The van der Waals surface area contributed by atoms with Crippen LogP contribution in [0.3, 0.4) is 0 Å². The smallest absolute Gasteiger partial charge is 0.227 e. The highest BCUT2D eigenvalue weighted by Crippen LogP contribution is 2.29. The Morgan fingerprint density at radius 2 is 1.72 bits per heavy atom. The summed E-state index contributed by atoms with van der Waals surface area (Å²) in [5.41, 5.74) is 5.09. The van der Waals surface area contributed by atoms with Gasteiger partial charge >= 0.3 is 0 Å². The van der Waals surface area contributed by atoms with E-state index < -0.39 is 0 Å². The van der Waals surface area contributed by atoms with Crippen LogP contribution in [0.1, 0.15) is 11.1 Å². The molecule has 2 nitrogen and oxygen atoms in total. The number of hydrogen-bond donors (Lipinski definition) is 0. The Bertz CT molecular complexity index is 713. The van der Waals surface area contributed by atoms with Crippen molar-refractivity contribution in [3.63, 3.8) is 0 Å². The second-order valence-corrected chi connectivity index (χ2v) is 5.26. The number of halogens is 1. The molecule has 0 saturated heterocycles. The van der Waals surface area contributed by atoms with E-state index in [9.17, 15) is 0 Å². The fraction of sp³-hybridized carbons (Fsp3) is 0.133. The second kappa shape index (κ2) is 4.25. The molecule has 18 heavy (non-hydrogen) atoms. The zero-order valence-corrected chi connectivity index (χ0v) is 11.8. The highest BCUT2D eigenvalue weighted by atomic mass is 79.9. The van der Waals surface area contributed by atoms with Crippen LogP contribution in [-0.2, 0) is 0 Å². The third kappa shape index (κ3) is 1.85. The number of rotatable bonds is 1. The molecule has 0 unspecified atom stereocenters. The zero-order valence-electron chi connectivity index (χ0n) is 10.2. The predicted molar refractivity (Wildman–Crippen MR) is 76.6 cm³/mol. The Hall–Kier alpha value is -1.61. The van der Waals surface area contributed by atoms with E-state index in [0.29, 0.717) is 5.89 Å². The number of benzene rings is 2. The molecule has 3 aromatic rings. The van der Waals surface area contributed by atoms with E-state index in [0.717, 1.165) is 26.7 Å². The van der Waals surface area contributed by atoms with Gasteiger partial charge in [-0.2, -0.15) is 0 Å². The maximum absolute atomic E-state index is 5.80.